The van der Waals surface area contributed by atoms with Crippen molar-refractivity contribution in [3.8, 4) is 0 Å². The first-order valence-corrected chi connectivity index (χ1v) is 8.82. The average molecular weight is 346 g/mol. The Kier molecular flexibility index (Phi) is 4.17. The highest BCUT2D eigenvalue weighted by atomic mass is 32.2. The lowest BCUT2D eigenvalue weighted by Crippen LogP contribution is -2.69. The molecule has 0 saturated carbocycles. The molecule has 0 bridgehead atoms. The van der Waals surface area contributed by atoms with Gasteiger partial charge in [0.05, 0.1) is 0 Å². The van der Waals surface area contributed by atoms with Gasteiger partial charge in [-0.25, -0.2) is 4.79 Å². The van der Waals surface area contributed by atoms with Gasteiger partial charge in [-0.3, -0.25) is 14.5 Å². The zero-order valence-electron chi connectivity index (χ0n) is 10.7. The van der Waals surface area contributed by atoms with Gasteiger partial charge < -0.3 is 5.73 Å². The second-order valence-corrected chi connectivity index (χ2v) is 7.47. The number of hydrogen-bond donors (Lipinski definition) is 2. The summed E-state index contributed by atoms with van der Waals surface area (Å²) in [5.41, 5.74) is 8.50. The number of nitrogens with two attached hydrogens (primary N) is 1. The van der Waals surface area contributed by atoms with Gasteiger partial charge in [0.15, 0.2) is 4.34 Å². The van der Waals surface area contributed by atoms with E-state index in [2.05, 4.69) is 20.9 Å². The fourth-order valence-electron chi connectivity index (χ4n) is 2.12. The maximum Gasteiger partial charge on any atom is 0.413 e. The van der Waals surface area contributed by atoms with E-state index in [0.29, 0.717) is 11.5 Å². The van der Waals surface area contributed by atoms with Gasteiger partial charge in [-0.2, -0.15) is 5.90 Å². The van der Waals surface area contributed by atoms with Crippen molar-refractivity contribution in [1.29, 1.82) is 0 Å². The molecule has 2 aliphatic heterocycles. The number of thioether (sulfide) groups is 2. The Bertz CT molecular complexity index is 605. The van der Waals surface area contributed by atoms with E-state index in [9.17, 15) is 9.59 Å². The molecule has 8 nitrogen and oxygen atoms in total. The Morgan fingerprint density at radius 3 is 3.14 bits per heavy atom. The Morgan fingerprint density at radius 1 is 1.67 bits per heavy atom. The highest BCUT2D eigenvalue weighted by molar-refractivity contribution is 8.01. The highest BCUT2D eigenvalue weighted by Gasteiger charge is 2.52. The Labute approximate surface area is 132 Å². The van der Waals surface area contributed by atoms with Crippen molar-refractivity contribution in [1.82, 2.24) is 15.1 Å². The van der Waals surface area contributed by atoms with E-state index < -0.39 is 12.0 Å². The van der Waals surface area contributed by atoms with Crippen molar-refractivity contribution in [2.45, 2.75) is 15.8 Å². The van der Waals surface area contributed by atoms with Gasteiger partial charge in [0.2, 0.25) is 5.91 Å². The normalized spacial score (nSPS) is 24.7. The lowest BCUT2D eigenvalue weighted by Gasteiger charge is -2.47. The first-order chi connectivity index (χ1) is 10.1. The molecule has 11 heteroatoms. The monoisotopic (exact) mass is 346 g/mol. The van der Waals surface area contributed by atoms with Crippen LogP contribution in [0.2, 0.25) is 0 Å². The quantitative estimate of drug-likeness (QED) is 0.397. The predicted molar refractivity (Wildman–Crippen MR) is 77.7 cm³/mol. The molecule has 5 N–H and O–H groups in total. The molecule has 1 aromatic heterocycles. The van der Waals surface area contributed by atoms with E-state index in [4.69, 9.17) is 5.73 Å². The third-order valence-corrected chi connectivity index (χ3v) is 6.43. The second kappa shape index (κ2) is 5.93. The van der Waals surface area contributed by atoms with E-state index >= 15 is 0 Å². The summed E-state index contributed by atoms with van der Waals surface area (Å²) >= 11 is 4.45. The number of rotatable bonds is 4. The number of nitrogens with zero attached hydrogens (tertiary/aromatic N) is 3. The van der Waals surface area contributed by atoms with Crippen LogP contribution in [0.4, 0.5) is 0 Å². The van der Waals surface area contributed by atoms with Gasteiger partial charge in [-0.15, -0.1) is 22.0 Å². The predicted octanol–water partition coefficient (Wildman–Crippen LogP) is -1.17. The van der Waals surface area contributed by atoms with Crippen LogP contribution in [0.15, 0.2) is 21.1 Å². The molecule has 2 aliphatic rings. The van der Waals surface area contributed by atoms with Gasteiger partial charge in [0.1, 0.15) is 22.6 Å². The summed E-state index contributed by atoms with van der Waals surface area (Å²) in [7, 11) is 0. The maximum absolute atomic E-state index is 12.0. The molecule has 1 amide bonds. The number of aromatic nitrogens is 2. The van der Waals surface area contributed by atoms with E-state index in [1.165, 1.54) is 28.0 Å². The molecule has 3 rings (SSSR count). The van der Waals surface area contributed by atoms with Crippen molar-refractivity contribution < 1.29 is 20.3 Å². The average Bonchev–Trinajstić information content (AvgIpc) is 3.03. The van der Waals surface area contributed by atoms with E-state index in [-0.39, 0.29) is 17.0 Å². The standard InChI is InChI=1S/C10H12N5O3S3/c11-5-7(16)15-6(9(17)18-12)4(1-19-8(5)15)2-20-10-14-13-3-21-10/h3,5,8H,1-2,11H2,12H3/q+1. The molecular weight excluding hydrogens is 334 g/mol. The van der Waals surface area contributed by atoms with E-state index in [1.54, 1.807) is 17.3 Å². The smallest absolute Gasteiger partial charge is 0.317 e. The van der Waals surface area contributed by atoms with Crippen molar-refractivity contribution in [3.63, 3.8) is 0 Å². The summed E-state index contributed by atoms with van der Waals surface area (Å²) in [5.74, 6) is 3.45. The Hall–Kier alpha value is -1.14. The Balaban J connectivity index is 1.84. The van der Waals surface area contributed by atoms with Crippen molar-refractivity contribution >= 4 is 46.7 Å². The minimum atomic E-state index is -0.603. The number of amides is 1. The number of fused-ring (bicyclic) bond motifs is 1. The third-order valence-electron chi connectivity index (χ3n) is 3.12. The molecular formula is C10H12N5O3S3+. The number of hydrogen-bond acceptors (Lipinski definition) is 9. The minimum Gasteiger partial charge on any atom is -0.317 e. The highest BCUT2D eigenvalue weighted by Crippen LogP contribution is 2.40. The SMILES string of the molecule is NC1C(=O)N2C(C(=O)O[NH3+])=C(CSc3nncs3)CSC12. The number of quaternary nitrogens is 1. The van der Waals surface area contributed by atoms with Gasteiger partial charge in [0.25, 0.3) is 0 Å². The van der Waals surface area contributed by atoms with Crippen LogP contribution < -0.4 is 11.6 Å². The number of carbonyl (C=O) groups excluding carboxylic acids is 2. The van der Waals surface area contributed by atoms with Crippen LogP contribution in [0.25, 0.3) is 0 Å². The molecule has 0 radical (unpaired) electrons. The summed E-state index contributed by atoms with van der Waals surface area (Å²) in [5, 5.41) is 7.51. The van der Waals surface area contributed by atoms with Gasteiger partial charge in [0, 0.05) is 11.5 Å². The van der Waals surface area contributed by atoms with Gasteiger partial charge >= 0.3 is 5.97 Å². The molecule has 2 unspecified atom stereocenters. The minimum absolute atomic E-state index is 0.193. The molecule has 21 heavy (non-hydrogen) atoms. The van der Waals surface area contributed by atoms with Crippen LogP contribution in [0.3, 0.4) is 0 Å². The molecule has 0 spiro atoms. The van der Waals surface area contributed by atoms with Crippen LogP contribution in [-0.4, -0.2) is 49.9 Å². The first kappa shape index (κ1) is 14.8. The summed E-state index contributed by atoms with van der Waals surface area (Å²) in [4.78, 5) is 29.8. The molecule has 1 aromatic rings. The van der Waals surface area contributed by atoms with Crippen LogP contribution >= 0.6 is 34.9 Å². The lowest BCUT2D eigenvalue weighted by atomic mass is 10.0. The molecule has 2 atom stereocenters. The van der Waals surface area contributed by atoms with Gasteiger partial charge in [-0.05, 0) is 5.57 Å². The molecule has 0 aromatic carbocycles. The van der Waals surface area contributed by atoms with Gasteiger partial charge in [-0.1, -0.05) is 23.1 Å². The number of β-lactam (4-membered cyclic amide) rings is 1. The molecule has 1 saturated heterocycles. The third kappa shape index (κ3) is 2.55. The van der Waals surface area contributed by atoms with Crippen LogP contribution in [0.5, 0.6) is 0 Å². The molecule has 0 aliphatic carbocycles. The largest absolute Gasteiger partial charge is 0.413 e. The summed E-state index contributed by atoms with van der Waals surface area (Å²) in [6.07, 6.45) is 0. The Morgan fingerprint density at radius 2 is 2.48 bits per heavy atom. The fourth-order valence-corrected chi connectivity index (χ4v) is 5.04. The van der Waals surface area contributed by atoms with E-state index in [1.807, 2.05) is 0 Å². The van der Waals surface area contributed by atoms with Crippen LogP contribution in [0, 0.1) is 0 Å². The zero-order valence-corrected chi connectivity index (χ0v) is 13.2. The van der Waals surface area contributed by atoms with Crippen LogP contribution in [-0.2, 0) is 14.4 Å². The lowest BCUT2D eigenvalue weighted by molar-refractivity contribution is -0.656. The molecule has 1 fully saturated rings. The fraction of sp³-hybridized carbons (Fsp3) is 0.400. The maximum atomic E-state index is 12.0. The van der Waals surface area contributed by atoms with Crippen molar-refractivity contribution in [2.24, 2.45) is 5.73 Å². The first-order valence-electron chi connectivity index (χ1n) is 5.91. The molecule has 3 heterocycles. The summed E-state index contributed by atoms with van der Waals surface area (Å²) < 4.78 is 0.809. The summed E-state index contributed by atoms with van der Waals surface area (Å²) in [6.45, 7) is 0. The van der Waals surface area contributed by atoms with Crippen molar-refractivity contribution in [3.05, 3.63) is 16.8 Å². The number of carbonyl (C=O) groups is 2. The summed E-state index contributed by atoms with van der Waals surface area (Å²) in [6, 6.07) is -0.556. The molecule has 112 valence electrons. The van der Waals surface area contributed by atoms with Crippen molar-refractivity contribution in [2.75, 3.05) is 11.5 Å². The van der Waals surface area contributed by atoms with Crippen LogP contribution in [0.1, 0.15) is 0 Å². The van der Waals surface area contributed by atoms with E-state index in [0.717, 1.165) is 9.91 Å². The zero-order chi connectivity index (χ0) is 15.0. The second-order valence-electron chi connectivity index (χ2n) is 4.31. The topological polar surface area (TPSA) is 126 Å².